The van der Waals surface area contributed by atoms with E-state index in [1.807, 2.05) is 65.8 Å². The Kier molecular flexibility index (Phi) is 7.22. The molecule has 0 aliphatic heterocycles. The molecule has 0 saturated carbocycles. The summed E-state index contributed by atoms with van der Waals surface area (Å²) in [6.45, 7) is 11.7. The number of phenols is 4. The molecule has 4 nitrogen and oxygen atoms in total. The quantitative estimate of drug-likeness (QED) is 0.229. The molecule has 4 aromatic carbocycles. The summed E-state index contributed by atoms with van der Waals surface area (Å²) in [5.74, 6) is 1.17. The van der Waals surface area contributed by atoms with Crippen molar-refractivity contribution in [1.29, 1.82) is 0 Å². The molecule has 37 heavy (non-hydrogen) atoms. The van der Waals surface area contributed by atoms with Crippen LogP contribution in [0, 0.1) is 41.5 Å². The first-order valence-corrected chi connectivity index (χ1v) is 12.6. The molecule has 0 heterocycles. The highest BCUT2D eigenvalue weighted by Gasteiger charge is 2.17. The monoisotopic (exact) mass is 496 g/mol. The molecule has 0 atom stereocenters. The van der Waals surface area contributed by atoms with Gasteiger partial charge in [-0.05, 0) is 127 Å². The van der Waals surface area contributed by atoms with Crippen LogP contribution in [0.2, 0.25) is 0 Å². The van der Waals surface area contributed by atoms with Crippen molar-refractivity contribution in [3.63, 3.8) is 0 Å². The van der Waals surface area contributed by atoms with Gasteiger partial charge < -0.3 is 20.4 Å². The van der Waals surface area contributed by atoms with Crippen LogP contribution in [-0.4, -0.2) is 20.4 Å². The fraction of sp³-hybridized carbons (Fsp3) is 0.273. The second-order valence-corrected chi connectivity index (χ2v) is 10.4. The van der Waals surface area contributed by atoms with Crippen molar-refractivity contribution in [3.05, 3.63) is 115 Å². The van der Waals surface area contributed by atoms with Gasteiger partial charge in [-0.3, -0.25) is 0 Å². The van der Waals surface area contributed by atoms with E-state index in [0.717, 1.165) is 66.8 Å². The predicted octanol–water partition coefficient (Wildman–Crippen LogP) is 7.13. The predicted molar refractivity (Wildman–Crippen MR) is 149 cm³/mol. The van der Waals surface area contributed by atoms with Crippen LogP contribution in [0.3, 0.4) is 0 Å². The van der Waals surface area contributed by atoms with Crippen LogP contribution in [0.1, 0.15) is 66.8 Å². The topological polar surface area (TPSA) is 80.9 Å². The maximum Gasteiger partial charge on any atom is 0.122 e. The Labute approximate surface area is 219 Å². The minimum Gasteiger partial charge on any atom is -0.508 e. The summed E-state index contributed by atoms with van der Waals surface area (Å²) in [7, 11) is 0. The molecule has 0 radical (unpaired) electrons. The van der Waals surface area contributed by atoms with Gasteiger partial charge in [0.2, 0.25) is 0 Å². The third-order valence-electron chi connectivity index (χ3n) is 7.80. The fourth-order valence-electron chi connectivity index (χ4n) is 5.03. The van der Waals surface area contributed by atoms with E-state index in [0.29, 0.717) is 30.8 Å². The van der Waals surface area contributed by atoms with Crippen LogP contribution in [0.15, 0.2) is 48.5 Å². The van der Waals surface area contributed by atoms with Crippen molar-refractivity contribution in [2.24, 2.45) is 0 Å². The highest BCUT2D eigenvalue weighted by atomic mass is 16.3. The summed E-state index contributed by atoms with van der Waals surface area (Å²) in [5.41, 5.74) is 11.5. The van der Waals surface area contributed by atoms with Gasteiger partial charge in [0.05, 0.1) is 0 Å². The maximum absolute atomic E-state index is 10.9. The lowest BCUT2D eigenvalue weighted by atomic mass is 9.87. The van der Waals surface area contributed by atoms with E-state index >= 15 is 0 Å². The Bertz CT molecular complexity index is 1380. The van der Waals surface area contributed by atoms with Crippen molar-refractivity contribution in [1.82, 2.24) is 0 Å². The largest absolute Gasteiger partial charge is 0.508 e. The lowest BCUT2D eigenvalue weighted by Crippen LogP contribution is -2.03. The maximum atomic E-state index is 10.9. The van der Waals surface area contributed by atoms with Gasteiger partial charge in [0.25, 0.3) is 0 Å². The minimum atomic E-state index is 0.269. The Hall–Kier alpha value is -3.92. The zero-order chi connectivity index (χ0) is 27.0. The van der Waals surface area contributed by atoms with Crippen LogP contribution in [0.25, 0.3) is 0 Å². The molecule has 192 valence electrons. The van der Waals surface area contributed by atoms with Gasteiger partial charge in [0.15, 0.2) is 0 Å². The smallest absolute Gasteiger partial charge is 0.122 e. The molecular weight excluding hydrogens is 460 g/mol. The van der Waals surface area contributed by atoms with Crippen molar-refractivity contribution >= 4 is 0 Å². The molecule has 0 amide bonds. The van der Waals surface area contributed by atoms with E-state index in [-0.39, 0.29) is 11.5 Å². The molecule has 0 bridgehead atoms. The third-order valence-corrected chi connectivity index (χ3v) is 7.80. The highest BCUT2D eigenvalue weighted by molar-refractivity contribution is 5.55. The fourth-order valence-corrected chi connectivity index (χ4v) is 5.03. The van der Waals surface area contributed by atoms with Crippen molar-refractivity contribution in [3.8, 4) is 23.0 Å². The molecule has 4 N–H and O–H groups in total. The van der Waals surface area contributed by atoms with E-state index in [2.05, 4.69) is 12.1 Å². The summed E-state index contributed by atoms with van der Waals surface area (Å²) in [6.07, 6.45) is 1.82. The van der Waals surface area contributed by atoms with Crippen LogP contribution < -0.4 is 0 Å². The number of phenolic OH excluding ortho intramolecular Hbond substituents is 4. The van der Waals surface area contributed by atoms with Gasteiger partial charge in [-0.2, -0.15) is 0 Å². The average molecular weight is 497 g/mol. The number of hydrogen-bond acceptors (Lipinski definition) is 4. The molecular formula is C33H36O4. The zero-order valence-electron chi connectivity index (χ0n) is 22.5. The molecule has 4 heteroatoms. The molecule has 0 aliphatic rings. The van der Waals surface area contributed by atoms with E-state index in [1.54, 1.807) is 12.1 Å². The van der Waals surface area contributed by atoms with Gasteiger partial charge in [0.1, 0.15) is 23.0 Å². The number of rotatable bonds is 6. The summed E-state index contributed by atoms with van der Waals surface area (Å²) in [6, 6.07) is 15.3. The highest BCUT2D eigenvalue weighted by Crippen LogP contribution is 2.35. The molecule has 0 aromatic heterocycles. The summed E-state index contributed by atoms with van der Waals surface area (Å²) >= 11 is 0. The molecule has 0 unspecified atom stereocenters. The summed E-state index contributed by atoms with van der Waals surface area (Å²) in [4.78, 5) is 0. The number of hydrogen-bond donors (Lipinski definition) is 4. The number of benzene rings is 4. The summed E-state index contributed by atoms with van der Waals surface area (Å²) in [5, 5.41) is 41.6. The lowest BCUT2D eigenvalue weighted by molar-refractivity contribution is 0.464. The number of aryl methyl sites for hydroxylation is 2. The molecule has 0 fully saturated rings. The molecule has 0 saturated heterocycles. The molecule has 4 rings (SSSR count). The second kappa shape index (κ2) is 10.2. The van der Waals surface area contributed by atoms with Crippen LogP contribution in [0.5, 0.6) is 23.0 Å². The second-order valence-electron chi connectivity index (χ2n) is 10.4. The minimum absolute atomic E-state index is 0.269. The first-order valence-electron chi connectivity index (χ1n) is 12.6. The Morgan fingerprint density at radius 1 is 0.432 bits per heavy atom. The van der Waals surface area contributed by atoms with E-state index in [1.165, 1.54) is 0 Å². The number of aromatic hydroxyl groups is 4. The zero-order valence-corrected chi connectivity index (χ0v) is 22.5. The molecule has 0 spiro atoms. The van der Waals surface area contributed by atoms with Crippen LogP contribution >= 0.6 is 0 Å². The Morgan fingerprint density at radius 3 is 1.16 bits per heavy atom. The van der Waals surface area contributed by atoms with E-state index in [9.17, 15) is 20.4 Å². The van der Waals surface area contributed by atoms with E-state index in [4.69, 9.17) is 0 Å². The van der Waals surface area contributed by atoms with Crippen molar-refractivity contribution in [2.75, 3.05) is 0 Å². The Morgan fingerprint density at radius 2 is 0.811 bits per heavy atom. The SMILES string of the molecule is Cc1cc(Cc2cc(Cc3cc(Cc4ccc(O)c(C)c4)c(O)c(C)c3C)c(C)c(C)c2O)ccc1O. The van der Waals surface area contributed by atoms with Gasteiger partial charge >= 0.3 is 0 Å². The van der Waals surface area contributed by atoms with E-state index < -0.39 is 0 Å². The molecule has 4 aromatic rings. The first kappa shape index (κ1) is 26.2. The van der Waals surface area contributed by atoms with Crippen LogP contribution in [0.4, 0.5) is 0 Å². The van der Waals surface area contributed by atoms with Gasteiger partial charge in [-0.15, -0.1) is 0 Å². The Balaban J connectivity index is 1.72. The van der Waals surface area contributed by atoms with Gasteiger partial charge in [-0.25, -0.2) is 0 Å². The van der Waals surface area contributed by atoms with Crippen molar-refractivity contribution in [2.45, 2.75) is 60.8 Å². The summed E-state index contributed by atoms with van der Waals surface area (Å²) < 4.78 is 0. The molecule has 0 aliphatic carbocycles. The lowest BCUT2D eigenvalue weighted by Gasteiger charge is -2.19. The standard InChI is InChI=1S/C33H36O4/c1-18-11-24(7-9-30(18)34)13-28-16-26(20(3)22(5)32(28)36)15-27-17-29(33(37)23(6)21(27)4)14-25-8-10-31(35)19(2)12-25/h7-12,16-17,34-37H,13-15H2,1-6H3. The third kappa shape index (κ3) is 5.29. The van der Waals surface area contributed by atoms with Crippen molar-refractivity contribution < 1.29 is 20.4 Å². The first-order chi connectivity index (χ1) is 17.5. The van der Waals surface area contributed by atoms with Crippen LogP contribution in [-0.2, 0) is 19.3 Å². The average Bonchev–Trinajstić information content (AvgIpc) is 2.86. The normalized spacial score (nSPS) is 11.2. The van der Waals surface area contributed by atoms with Gasteiger partial charge in [-0.1, -0.05) is 36.4 Å². The van der Waals surface area contributed by atoms with Gasteiger partial charge in [0, 0.05) is 12.8 Å².